The van der Waals surface area contributed by atoms with Crippen molar-refractivity contribution in [3.8, 4) is 5.88 Å². The summed E-state index contributed by atoms with van der Waals surface area (Å²) in [6.45, 7) is 2.86. The van der Waals surface area contributed by atoms with Crippen molar-refractivity contribution in [2.45, 2.75) is 70.9 Å². The Morgan fingerprint density at radius 2 is 1.95 bits per heavy atom. The number of nitrogens with two attached hydrogens (primary N) is 1. The quantitative estimate of drug-likeness (QED) is 0.919. The maximum absolute atomic E-state index is 6.20. The van der Waals surface area contributed by atoms with Gasteiger partial charge in [-0.05, 0) is 68.9 Å². The maximum Gasteiger partial charge on any atom is 0.218 e. The molecule has 0 spiro atoms. The van der Waals surface area contributed by atoms with Crippen LogP contribution in [0.3, 0.4) is 0 Å². The minimum atomic E-state index is 0.339. The Balaban J connectivity index is 1.77. The lowest BCUT2D eigenvalue weighted by Crippen LogP contribution is -2.24. The van der Waals surface area contributed by atoms with Crippen molar-refractivity contribution < 1.29 is 4.74 Å². The highest BCUT2D eigenvalue weighted by Gasteiger charge is 2.22. The minimum absolute atomic E-state index is 0.339. The summed E-state index contributed by atoms with van der Waals surface area (Å²) in [5.74, 6) is 1.66. The first-order valence-corrected chi connectivity index (χ1v) is 8.14. The molecule has 3 rings (SSSR count). The van der Waals surface area contributed by atoms with Crippen molar-refractivity contribution in [2.75, 3.05) is 0 Å². The molecule has 110 valence electrons. The maximum atomic E-state index is 6.20. The molecule has 0 aromatic carbocycles. The predicted octanol–water partition coefficient (Wildman–Crippen LogP) is 3.38. The fourth-order valence-electron chi connectivity index (χ4n) is 3.42. The van der Waals surface area contributed by atoms with Crippen molar-refractivity contribution in [3.63, 3.8) is 0 Å². The topological polar surface area (TPSA) is 48.1 Å². The molecule has 1 saturated carbocycles. The molecule has 1 aromatic rings. The van der Waals surface area contributed by atoms with Crippen LogP contribution in [-0.4, -0.2) is 11.1 Å². The van der Waals surface area contributed by atoms with Crippen LogP contribution in [0.25, 0.3) is 0 Å². The summed E-state index contributed by atoms with van der Waals surface area (Å²) >= 11 is 0. The van der Waals surface area contributed by atoms with Crippen LogP contribution in [0, 0.1) is 5.92 Å². The van der Waals surface area contributed by atoms with E-state index in [0.29, 0.717) is 12.6 Å². The van der Waals surface area contributed by atoms with E-state index >= 15 is 0 Å². The number of aromatic nitrogens is 1. The molecule has 1 fully saturated rings. The third kappa shape index (κ3) is 2.98. The van der Waals surface area contributed by atoms with Gasteiger partial charge in [-0.15, -0.1) is 0 Å². The zero-order valence-corrected chi connectivity index (χ0v) is 12.5. The molecular weight excluding hydrogens is 248 g/mol. The SMILES string of the molecule is CC1CCC(Oc2nc3c(cc2CN)CCCC3)CC1. The minimum Gasteiger partial charge on any atom is -0.474 e. The van der Waals surface area contributed by atoms with Crippen LogP contribution in [-0.2, 0) is 19.4 Å². The van der Waals surface area contributed by atoms with E-state index in [2.05, 4.69) is 13.0 Å². The fraction of sp³-hybridized carbons (Fsp3) is 0.706. The Hall–Kier alpha value is -1.09. The number of aryl methyl sites for hydroxylation is 2. The van der Waals surface area contributed by atoms with Gasteiger partial charge in [0.15, 0.2) is 0 Å². The average molecular weight is 274 g/mol. The molecule has 2 aliphatic carbocycles. The molecular formula is C17H26N2O. The number of hydrogen-bond donors (Lipinski definition) is 1. The first-order valence-electron chi connectivity index (χ1n) is 8.14. The van der Waals surface area contributed by atoms with Gasteiger partial charge in [0.2, 0.25) is 5.88 Å². The number of fused-ring (bicyclic) bond motifs is 1. The molecule has 1 aromatic heterocycles. The van der Waals surface area contributed by atoms with Gasteiger partial charge in [0.05, 0.1) is 0 Å². The molecule has 20 heavy (non-hydrogen) atoms. The van der Waals surface area contributed by atoms with Gasteiger partial charge < -0.3 is 10.5 Å². The van der Waals surface area contributed by atoms with Gasteiger partial charge in [0, 0.05) is 17.8 Å². The highest BCUT2D eigenvalue weighted by atomic mass is 16.5. The Labute approximate surface area is 121 Å². The molecule has 0 aliphatic heterocycles. The van der Waals surface area contributed by atoms with E-state index in [0.717, 1.165) is 43.0 Å². The van der Waals surface area contributed by atoms with E-state index < -0.39 is 0 Å². The number of rotatable bonds is 3. The van der Waals surface area contributed by atoms with Crippen LogP contribution in [0.1, 0.15) is 62.3 Å². The Bertz CT molecular complexity index is 464. The van der Waals surface area contributed by atoms with E-state index in [-0.39, 0.29) is 0 Å². The zero-order valence-electron chi connectivity index (χ0n) is 12.5. The molecule has 0 saturated heterocycles. The zero-order chi connectivity index (χ0) is 13.9. The molecule has 0 unspecified atom stereocenters. The lowest BCUT2D eigenvalue weighted by atomic mass is 9.89. The first-order chi connectivity index (χ1) is 9.76. The number of ether oxygens (including phenoxy) is 1. The van der Waals surface area contributed by atoms with Gasteiger partial charge in [-0.25, -0.2) is 4.98 Å². The second-order valence-electron chi connectivity index (χ2n) is 6.47. The van der Waals surface area contributed by atoms with E-state index in [9.17, 15) is 0 Å². The predicted molar refractivity (Wildman–Crippen MR) is 80.8 cm³/mol. The van der Waals surface area contributed by atoms with E-state index in [4.69, 9.17) is 15.5 Å². The van der Waals surface area contributed by atoms with Gasteiger partial charge in [-0.3, -0.25) is 0 Å². The van der Waals surface area contributed by atoms with Gasteiger partial charge in [-0.1, -0.05) is 6.92 Å². The lowest BCUT2D eigenvalue weighted by molar-refractivity contribution is 0.128. The van der Waals surface area contributed by atoms with Gasteiger partial charge in [0.1, 0.15) is 6.10 Å². The third-order valence-electron chi connectivity index (χ3n) is 4.80. The van der Waals surface area contributed by atoms with Crippen molar-refractivity contribution in [1.29, 1.82) is 0 Å². The summed E-state index contributed by atoms with van der Waals surface area (Å²) in [6.07, 6.45) is 9.97. The van der Waals surface area contributed by atoms with E-state index in [1.807, 2.05) is 0 Å². The molecule has 1 heterocycles. The summed E-state index contributed by atoms with van der Waals surface area (Å²) in [5.41, 5.74) is 9.61. The highest BCUT2D eigenvalue weighted by molar-refractivity contribution is 5.36. The first kappa shape index (κ1) is 13.9. The lowest BCUT2D eigenvalue weighted by Gasteiger charge is -2.28. The monoisotopic (exact) mass is 274 g/mol. The summed E-state index contributed by atoms with van der Waals surface area (Å²) in [5, 5.41) is 0. The molecule has 0 radical (unpaired) electrons. The molecule has 3 nitrogen and oxygen atoms in total. The standard InChI is InChI=1S/C17H26N2O/c1-12-6-8-15(9-7-12)20-17-14(11-18)10-13-4-2-3-5-16(13)19-17/h10,12,15H,2-9,11,18H2,1H3. The van der Waals surface area contributed by atoms with Crippen LogP contribution in [0.15, 0.2) is 6.07 Å². The Kier molecular flexibility index (Phi) is 4.25. The fourth-order valence-corrected chi connectivity index (χ4v) is 3.42. The smallest absolute Gasteiger partial charge is 0.218 e. The second kappa shape index (κ2) is 6.13. The number of pyridine rings is 1. The van der Waals surface area contributed by atoms with Gasteiger partial charge in [-0.2, -0.15) is 0 Å². The normalized spacial score (nSPS) is 26.1. The summed E-state index contributed by atoms with van der Waals surface area (Å²) in [7, 11) is 0. The highest BCUT2D eigenvalue weighted by Crippen LogP contribution is 2.30. The summed E-state index contributed by atoms with van der Waals surface area (Å²) < 4.78 is 6.20. The molecule has 3 heteroatoms. The van der Waals surface area contributed by atoms with Gasteiger partial charge >= 0.3 is 0 Å². The molecule has 2 N–H and O–H groups in total. The average Bonchev–Trinajstić information content (AvgIpc) is 2.49. The van der Waals surface area contributed by atoms with Crippen molar-refractivity contribution >= 4 is 0 Å². The van der Waals surface area contributed by atoms with Gasteiger partial charge in [0.25, 0.3) is 0 Å². The van der Waals surface area contributed by atoms with Crippen LogP contribution in [0.4, 0.5) is 0 Å². The largest absolute Gasteiger partial charge is 0.474 e. The third-order valence-corrected chi connectivity index (χ3v) is 4.80. The van der Waals surface area contributed by atoms with Crippen molar-refractivity contribution in [3.05, 3.63) is 22.9 Å². The Morgan fingerprint density at radius 3 is 2.70 bits per heavy atom. The van der Waals surface area contributed by atoms with Crippen LogP contribution < -0.4 is 10.5 Å². The van der Waals surface area contributed by atoms with Crippen LogP contribution in [0.5, 0.6) is 5.88 Å². The van der Waals surface area contributed by atoms with Crippen LogP contribution in [0.2, 0.25) is 0 Å². The summed E-state index contributed by atoms with van der Waals surface area (Å²) in [6, 6.07) is 2.24. The Morgan fingerprint density at radius 1 is 1.20 bits per heavy atom. The van der Waals surface area contributed by atoms with E-state index in [1.165, 1.54) is 36.9 Å². The second-order valence-corrected chi connectivity index (χ2v) is 6.47. The van der Waals surface area contributed by atoms with Crippen molar-refractivity contribution in [1.82, 2.24) is 4.98 Å². The van der Waals surface area contributed by atoms with Crippen molar-refractivity contribution in [2.24, 2.45) is 11.7 Å². The molecule has 0 atom stereocenters. The molecule has 0 bridgehead atoms. The van der Waals surface area contributed by atoms with Crippen LogP contribution >= 0.6 is 0 Å². The number of hydrogen-bond acceptors (Lipinski definition) is 3. The van der Waals surface area contributed by atoms with E-state index in [1.54, 1.807) is 0 Å². The molecule has 2 aliphatic rings. The summed E-state index contributed by atoms with van der Waals surface area (Å²) in [4.78, 5) is 4.79. The number of nitrogens with zero attached hydrogens (tertiary/aromatic N) is 1. The molecule has 0 amide bonds.